The molecule has 0 aliphatic heterocycles. The van der Waals surface area contributed by atoms with E-state index in [-0.39, 0.29) is 18.2 Å². The Morgan fingerprint density at radius 3 is 2.05 bits per heavy atom. The van der Waals surface area contributed by atoms with Crippen LogP contribution in [0.3, 0.4) is 0 Å². The molecule has 0 fully saturated rings. The highest BCUT2D eigenvalue weighted by Gasteiger charge is 2.36. The standard InChI is InChI=1S/C14H25NO4/c1-7-8-11(17)15(10-16)19-12(18)14(5,6)9-13(2,3)4/h10H,7-9H2,1-6H3. The topological polar surface area (TPSA) is 63.7 Å². The summed E-state index contributed by atoms with van der Waals surface area (Å²) in [6.07, 6.45) is 1.59. The molecule has 0 aromatic carbocycles. The fraction of sp³-hybridized carbons (Fsp3) is 0.786. The first kappa shape index (κ1) is 17.6. The third-order valence-electron chi connectivity index (χ3n) is 2.51. The number of carbonyl (C=O) groups is 3. The van der Waals surface area contributed by atoms with Crippen LogP contribution in [0.5, 0.6) is 0 Å². The molecule has 0 bridgehead atoms. The monoisotopic (exact) mass is 271 g/mol. The van der Waals surface area contributed by atoms with E-state index in [2.05, 4.69) is 0 Å². The highest BCUT2D eigenvalue weighted by molar-refractivity contribution is 5.87. The second kappa shape index (κ2) is 6.68. The third-order valence-corrected chi connectivity index (χ3v) is 2.51. The zero-order valence-electron chi connectivity index (χ0n) is 12.8. The van der Waals surface area contributed by atoms with E-state index in [0.29, 0.717) is 17.9 Å². The van der Waals surface area contributed by atoms with E-state index in [9.17, 15) is 14.4 Å². The van der Waals surface area contributed by atoms with Gasteiger partial charge in [0.1, 0.15) is 0 Å². The third kappa shape index (κ3) is 6.36. The quantitative estimate of drug-likeness (QED) is 0.569. The largest absolute Gasteiger partial charge is 0.338 e. The van der Waals surface area contributed by atoms with Crippen LogP contribution in [0, 0.1) is 10.8 Å². The van der Waals surface area contributed by atoms with Gasteiger partial charge >= 0.3 is 5.97 Å². The van der Waals surface area contributed by atoms with E-state index in [0.717, 1.165) is 0 Å². The smallest absolute Gasteiger partial charge is 0.330 e. The van der Waals surface area contributed by atoms with Gasteiger partial charge in [-0.2, -0.15) is 0 Å². The van der Waals surface area contributed by atoms with Crippen molar-refractivity contribution >= 4 is 18.3 Å². The molecule has 0 rings (SSSR count). The first-order valence-electron chi connectivity index (χ1n) is 6.53. The van der Waals surface area contributed by atoms with Crippen molar-refractivity contribution in [2.45, 2.75) is 60.8 Å². The van der Waals surface area contributed by atoms with Crippen molar-refractivity contribution < 1.29 is 19.2 Å². The minimum atomic E-state index is -0.758. The Kier molecular flexibility index (Phi) is 6.19. The molecule has 0 aliphatic rings. The molecule has 110 valence electrons. The van der Waals surface area contributed by atoms with E-state index in [4.69, 9.17) is 4.84 Å². The number of hydrogen-bond donors (Lipinski definition) is 0. The Morgan fingerprint density at radius 1 is 1.16 bits per heavy atom. The number of imide groups is 1. The summed E-state index contributed by atoms with van der Waals surface area (Å²) in [5, 5.41) is 0.496. The molecule has 0 unspecified atom stereocenters. The molecule has 0 radical (unpaired) electrons. The van der Waals surface area contributed by atoms with Crippen LogP contribution in [-0.2, 0) is 19.2 Å². The molecule has 5 heteroatoms. The van der Waals surface area contributed by atoms with Crippen molar-refractivity contribution in [2.75, 3.05) is 0 Å². The molecule has 0 saturated carbocycles. The van der Waals surface area contributed by atoms with Crippen LogP contribution >= 0.6 is 0 Å². The van der Waals surface area contributed by atoms with E-state index in [1.54, 1.807) is 13.8 Å². The Morgan fingerprint density at radius 2 is 1.68 bits per heavy atom. The summed E-state index contributed by atoms with van der Waals surface area (Å²) in [6, 6.07) is 0. The van der Waals surface area contributed by atoms with Crippen molar-refractivity contribution in [3.8, 4) is 0 Å². The number of carbonyl (C=O) groups excluding carboxylic acids is 3. The van der Waals surface area contributed by atoms with Gasteiger partial charge in [0.25, 0.3) is 12.3 Å². The van der Waals surface area contributed by atoms with Gasteiger partial charge in [0, 0.05) is 6.42 Å². The minimum absolute atomic E-state index is 0.0536. The lowest BCUT2D eigenvalue weighted by Gasteiger charge is -2.30. The maximum Gasteiger partial charge on any atom is 0.338 e. The van der Waals surface area contributed by atoms with Crippen LogP contribution in [0.4, 0.5) is 0 Å². The summed E-state index contributed by atoms with van der Waals surface area (Å²) in [4.78, 5) is 39.3. The molecule has 5 nitrogen and oxygen atoms in total. The van der Waals surface area contributed by atoms with E-state index in [1.807, 2.05) is 27.7 Å². The second-order valence-corrected chi connectivity index (χ2v) is 6.58. The number of rotatable bonds is 5. The fourth-order valence-electron chi connectivity index (χ4n) is 2.07. The summed E-state index contributed by atoms with van der Waals surface area (Å²) in [5.74, 6) is -1.07. The zero-order valence-corrected chi connectivity index (χ0v) is 12.8. The minimum Gasteiger partial charge on any atom is -0.330 e. The Balaban J connectivity index is 4.73. The van der Waals surface area contributed by atoms with Crippen LogP contribution in [0.25, 0.3) is 0 Å². The normalized spacial score (nSPS) is 11.9. The Hall–Kier alpha value is -1.39. The van der Waals surface area contributed by atoms with Gasteiger partial charge in [0.05, 0.1) is 5.41 Å². The van der Waals surface area contributed by atoms with Crippen molar-refractivity contribution in [3.63, 3.8) is 0 Å². The average Bonchev–Trinajstić information content (AvgIpc) is 2.22. The predicted molar refractivity (Wildman–Crippen MR) is 71.8 cm³/mol. The Labute approximate surface area is 115 Å². The SMILES string of the molecule is CCCC(=O)N(C=O)OC(=O)C(C)(C)CC(C)(C)C. The molecule has 0 spiro atoms. The first-order valence-corrected chi connectivity index (χ1v) is 6.53. The van der Waals surface area contributed by atoms with Crippen LogP contribution in [0.15, 0.2) is 0 Å². The summed E-state index contributed by atoms with van der Waals surface area (Å²) in [5.41, 5.74) is -0.812. The van der Waals surface area contributed by atoms with Crippen molar-refractivity contribution in [2.24, 2.45) is 10.8 Å². The molecule has 0 atom stereocenters. The molecule has 0 aliphatic carbocycles. The molecule has 0 heterocycles. The number of hydroxylamine groups is 2. The highest BCUT2D eigenvalue weighted by Crippen LogP contribution is 2.34. The fourth-order valence-corrected chi connectivity index (χ4v) is 2.07. The van der Waals surface area contributed by atoms with Crippen molar-refractivity contribution in [3.05, 3.63) is 0 Å². The summed E-state index contributed by atoms with van der Waals surface area (Å²) in [6.45, 7) is 11.3. The van der Waals surface area contributed by atoms with Crippen LogP contribution in [-0.4, -0.2) is 23.3 Å². The molecular formula is C14H25NO4. The van der Waals surface area contributed by atoms with Crippen LogP contribution in [0.1, 0.15) is 60.8 Å². The summed E-state index contributed by atoms with van der Waals surface area (Å²) < 4.78 is 0. The van der Waals surface area contributed by atoms with Gasteiger partial charge < -0.3 is 4.84 Å². The molecular weight excluding hydrogens is 246 g/mol. The van der Waals surface area contributed by atoms with Gasteiger partial charge in [-0.05, 0) is 32.1 Å². The van der Waals surface area contributed by atoms with Crippen molar-refractivity contribution in [1.29, 1.82) is 0 Å². The van der Waals surface area contributed by atoms with Gasteiger partial charge in [0.2, 0.25) is 0 Å². The Bertz CT molecular complexity index is 342. The lowest BCUT2D eigenvalue weighted by molar-refractivity contribution is -0.204. The van der Waals surface area contributed by atoms with Gasteiger partial charge in [-0.1, -0.05) is 27.7 Å². The summed E-state index contributed by atoms with van der Waals surface area (Å²) in [7, 11) is 0. The second-order valence-electron chi connectivity index (χ2n) is 6.58. The molecule has 0 N–H and O–H groups in total. The molecule has 2 amide bonds. The maximum absolute atomic E-state index is 12.0. The molecule has 19 heavy (non-hydrogen) atoms. The van der Waals surface area contributed by atoms with Crippen LogP contribution in [0.2, 0.25) is 0 Å². The predicted octanol–water partition coefficient (Wildman–Crippen LogP) is 2.69. The summed E-state index contributed by atoms with van der Waals surface area (Å²) >= 11 is 0. The average molecular weight is 271 g/mol. The number of nitrogens with zero attached hydrogens (tertiary/aromatic N) is 1. The zero-order chi connectivity index (χ0) is 15.3. The van der Waals surface area contributed by atoms with Gasteiger partial charge in [-0.25, -0.2) is 4.79 Å². The van der Waals surface area contributed by atoms with Gasteiger partial charge in [-0.3, -0.25) is 9.59 Å². The van der Waals surface area contributed by atoms with E-state index >= 15 is 0 Å². The molecule has 0 aromatic heterocycles. The van der Waals surface area contributed by atoms with Gasteiger partial charge in [-0.15, -0.1) is 5.06 Å². The molecule has 0 aromatic rings. The van der Waals surface area contributed by atoms with E-state index in [1.165, 1.54) is 0 Å². The van der Waals surface area contributed by atoms with Gasteiger partial charge in [0.15, 0.2) is 0 Å². The molecule has 0 saturated heterocycles. The lowest BCUT2D eigenvalue weighted by Crippen LogP contribution is -2.39. The number of hydrogen-bond acceptors (Lipinski definition) is 4. The lowest BCUT2D eigenvalue weighted by atomic mass is 9.76. The first-order chi connectivity index (χ1) is 8.53. The van der Waals surface area contributed by atoms with Crippen LogP contribution < -0.4 is 0 Å². The maximum atomic E-state index is 12.0. The number of amides is 2. The van der Waals surface area contributed by atoms with Crippen molar-refractivity contribution in [1.82, 2.24) is 5.06 Å². The van der Waals surface area contributed by atoms with E-state index < -0.39 is 17.3 Å². The highest BCUT2D eigenvalue weighted by atomic mass is 16.7.